The van der Waals surface area contributed by atoms with E-state index in [2.05, 4.69) is 0 Å². The highest BCUT2D eigenvalue weighted by Gasteiger charge is 2.16. The lowest BCUT2D eigenvalue weighted by Crippen LogP contribution is -1.95. The standard InChI is InChI=1S/C21H9N5O6/c22-10-13-7-16(25(27)28)1-4-19(13)31-18-3-6-21(15(9-18)12-24)32-20-5-2-17(26(29)30)8-14(20)11-23/h1-9H. The van der Waals surface area contributed by atoms with E-state index in [1.165, 1.54) is 36.4 Å². The van der Waals surface area contributed by atoms with Gasteiger partial charge in [-0.1, -0.05) is 0 Å². The van der Waals surface area contributed by atoms with Crippen LogP contribution in [0.25, 0.3) is 0 Å². The lowest BCUT2D eigenvalue weighted by atomic mass is 10.1. The lowest BCUT2D eigenvalue weighted by molar-refractivity contribution is -0.385. The summed E-state index contributed by atoms with van der Waals surface area (Å²) in [5, 5.41) is 49.6. The van der Waals surface area contributed by atoms with Crippen LogP contribution in [0, 0.1) is 54.2 Å². The molecule has 0 aliphatic carbocycles. The van der Waals surface area contributed by atoms with Crippen molar-refractivity contribution in [3.63, 3.8) is 0 Å². The smallest absolute Gasteiger partial charge is 0.271 e. The summed E-state index contributed by atoms with van der Waals surface area (Å²) in [4.78, 5) is 20.4. The van der Waals surface area contributed by atoms with E-state index in [1.54, 1.807) is 6.07 Å². The number of nitro benzene ring substituents is 2. The molecule has 0 heterocycles. The summed E-state index contributed by atoms with van der Waals surface area (Å²) in [6, 6.07) is 16.6. The van der Waals surface area contributed by atoms with Gasteiger partial charge in [-0.15, -0.1) is 0 Å². The summed E-state index contributed by atoms with van der Waals surface area (Å²) < 4.78 is 11.2. The van der Waals surface area contributed by atoms with Crippen LogP contribution in [-0.4, -0.2) is 9.85 Å². The Balaban J connectivity index is 1.91. The van der Waals surface area contributed by atoms with Crippen LogP contribution in [0.5, 0.6) is 23.0 Å². The first-order valence-corrected chi connectivity index (χ1v) is 8.63. The predicted molar refractivity (Wildman–Crippen MR) is 107 cm³/mol. The molecule has 11 heteroatoms. The quantitative estimate of drug-likeness (QED) is 0.398. The number of nitrogens with zero attached hydrogens (tertiary/aromatic N) is 5. The van der Waals surface area contributed by atoms with Gasteiger partial charge in [0.1, 0.15) is 52.3 Å². The second-order valence-electron chi connectivity index (χ2n) is 6.07. The average Bonchev–Trinajstić information content (AvgIpc) is 2.80. The van der Waals surface area contributed by atoms with Crippen molar-refractivity contribution in [1.29, 1.82) is 15.8 Å². The molecule has 0 spiro atoms. The van der Waals surface area contributed by atoms with Crippen molar-refractivity contribution in [2.45, 2.75) is 0 Å². The summed E-state index contributed by atoms with van der Waals surface area (Å²) in [7, 11) is 0. The molecule has 0 atom stereocenters. The molecule has 0 amide bonds. The number of hydrogen-bond donors (Lipinski definition) is 0. The van der Waals surface area contributed by atoms with Crippen molar-refractivity contribution in [1.82, 2.24) is 0 Å². The van der Waals surface area contributed by atoms with Gasteiger partial charge in [-0.25, -0.2) is 0 Å². The summed E-state index contributed by atoms with van der Waals surface area (Å²) in [5.74, 6) is 0.293. The average molecular weight is 427 g/mol. The van der Waals surface area contributed by atoms with Gasteiger partial charge in [0.25, 0.3) is 11.4 Å². The van der Waals surface area contributed by atoms with Gasteiger partial charge in [-0.05, 0) is 24.3 Å². The molecule has 0 aliphatic heterocycles. The molecule has 0 N–H and O–H groups in total. The molecular formula is C21H9N5O6. The van der Waals surface area contributed by atoms with Gasteiger partial charge in [0.15, 0.2) is 0 Å². The number of nitriles is 3. The zero-order valence-corrected chi connectivity index (χ0v) is 15.9. The Morgan fingerprint density at radius 2 is 1.03 bits per heavy atom. The maximum atomic E-state index is 10.9. The van der Waals surface area contributed by atoms with Crippen LogP contribution in [-0.2, 0) is 0 Å². The zero-order valence-electron chi connectivity index (χ0n) is 15.9. The first-order valence-electron chi connectivity index (χ1n) is 8.63. The third-order valence-electron chi connectivity index (χ3n) is 4.11. The Labute approximate surface area is 179 Å². The number of non-ortho nitro benzene ring substituents is 2. The monoisotopic (exact) mass is 427 g/mol. The third-order valence-corrected chi connectivity index (χ3v) is 4.11. The van der Waals surface area contributed by atoms with Crippen molar-refractivity contribution in [2.75, 3.05) is 0 Å². The summed E-state index contributed by atoms with van der Waals surface area (Å²) in [5.41, 5.74) is -0.693. The van der Waals surface area contributed by atoms with Gasteiger partial charge in [-0.3, -0.25) is 20.2 Å². The largest absolute Gasteiger partial charge is 0.456 e. The number of hydrogen-bond acceptors (Lipinski definition) is 9. The molecule has 0 unspecified atom stereocenters. The summed E-state index contributed by atoms with van der Waals surface area (Å²) in [6.45, 7) is 0. The highest BCUT2D eigenvalue weighted by molar-refractivity contribution is 5.56. The third kappa shape index (κ3) is 4.40. The molecule has 0 radical (unpaired) electrons. The van der Waals surface area contributed by atoms with Crippen LogP contribution in [0.15, 0.2) is 54.6 Å². The second-order valence-corrected chi connectivity index (χ2v) is 6.07. The van der Waals surface area contributed by atoms with Crippen molar-refractivity contribution >= 4 is 11.4 Å². The first-order chi connectivity index (χ1) is 15.4. The molecule has 0 aromatic heterocycles. The molecule has 3 aromatic rings. The molecule has 0 bridgehead atoms. The Morgan fingerprint density at radius 3 is 1.47 bits per heavy atom. The van der Waals surface area contributed by atoms with Gasteiger partial charge in [0.05, 0.1) is 15.4 Å². The molecule has 0 fully saturated rings. The lowest BCUT2D eigenvalue weighted by Gasteiger charge is -2.11. The Bertz CT molecular complexity index is 1380. The molecule has 32 heavy (non-hydrogen) atoms. The van der Waals surface area contributed by atoms with Gasteiger partial charge >= 0.3 is 0 Å². The fraction of sp³-hybridized carbons (Fsp3) is 0. The van der Waals surface area contributed by atoms with Gasteiger partial charge < -0.3 is 9.47 Å². The minimum Gasteiger partial charge on any atom is -0.456 e. The van der Waals surface area contributed by atoms with Crippen LogP contribution in [0.3, 0.4) is 0 Å². The van der Waals surface area contributed by atoms with Crippen molar-refractivity contribution in [2.24, 2.45) is 0 Å². The van der Waals surface area contributed by atoms with E-state index >= 15 is 0 Å². The van der Waals surface area contributed by atoms with E-state index < -0.39 is 9.85 Å². The van der Waals surface area contributed by atoms with Gasteiger partial charge in [0, 0.05) is 30.3 Å². The minimum absolute atomic E-state index is 0.0187. The Morgan fingerprint density at radius 1 is 0.625 bits per heavy atom. The molecule has 3 rings (SSSR count). The van der Waals surface area contributed by atoms with Crippen molar-refractivity contribution in [3.05, 3.63) is 91.5 Å². The molecule has 0 saturated carbocycles. The molecule has 0 saturated heterocycles. The molecule has 3 aromatic carbocycles. The van der Waals surface area contributed by atoms with E-state index in [9.17, 15) is 36.0 Å². The maximum absolute atomic E-state index is 10.9. The van der Waals surface area contributed by atoms with Crippen molar-refractivity contribution < 1.29 is 19.3 Å². The fourth-order valence-corrected chi connectivity index (χ4v) is 2.61. The predicted octanol–water partition coefficient (Wildman–Crippen LogP) is 4.70. The first kappa shape index (κ1) is 21.2. The zero-order chi connectivity index (χ0) is 23.3. The molecule has 154 valence electrons. The summed E-state index contributed by atoms with van der Waals surface area (Å²) in [6.07, 6.45) is 0. The SMILES string of the molecule is N#Cc1cc([N+](=O)[O-])ccc1Oc1ccc(Oc2ccc([N+](=O)[O-])cc2C#N)c(C#N)c1. The molecular weight excluding hydrogens is 418 g/mol. The number of ether oxygens (including phenoxy) is 2. The van der Waals surface area contributed by atoms with E-state index in [0.29, 0.717) is 0 Å². The van der Waals surface area contributed by atoms with E-state index in [-0.39, 0.29) is 51.1 Å². The second kappa shape index (κ2) is 8.91. The maximum Gasteiger partial charge on any atom is 0.271 e. The normalized spacial score (nSPS) is 9.66. The minimum atomic E-state index is -0.648. The van der Waals surface area contributed by atoms with Crippen LogP contribution in [0.2, 0.25) is 0 Å². The van der Waals surface area contributed by atoms with Crippen molar-refractivity contribution in [3.8, 4) is 41.2 Å². The fourth-order valence-electron chi connectivity index (χ4n) is 2.61. The van der Waals surface area contributed by atoms with E-state index in [1.807, 2.05) is 12.1 Å². The highest BCUT2D eigenvalue weighted by atomic mass is 16.6. The number of nitro groups is 2. The Hall–Kier alpha value is -5.47. The topological polar surface area (TPSA) is 176 Å². The molecule has 11 nitrogen and oxygen atoms in total. The Kier molecular flexibility index (Phi) is 5.91. The van der Waals surface area contributed by atoms with Crippen LogP contribution >= 0.6 is 0 Å². The van der Waals surface area contributed by atoms with Crippen LogP contribution in [0.4, 0.5) is 11.4 Å². The van der Waals surface area contributed by atoms with Crippen LogP contribution in [0.1, 0.15) is 16.7 Å². The number of rotatable bonds is 6. The van der Waals surface area contributed by atoms with Gasteiger partial charge in [0.2, 0.25) is 0 Å². The number of benzene rings is 3. The van der Waals surface area contributed by atoms with E-state index in [0.717, 1.165) is 18.2 Å². The highest BCUT2D eigenvalue weighted by Crippen LogP contribution is 2.34. The molecule has 0 aliphatic rings. The van der Waals surface area contributed by atoms with E-state index in [4.69, 9.17) is 9.47 Å². The van der Waals surface area contributed by atoms with Gasteiger partial charge in [-0.2, -0.15) is 15.8 Å². The van der Waals surface area contributed by atoms with Crippen LogP contribution < -0.4 is 9.47 Å². The summed E-state index contributed by atoms with van der Waals surface area (Å²) >= 11 is 0.